The van der Waals surface area contributed by atoms with E-state index in [0.29, 0.717) is 5.92 Å². The van der Waals surface area contributed by atoms with Gasteiger partial charge in [-0.1, -0.05) is 26.7 Å². The van der Waals surface area contributed by atoms with E-state index in [1.807, 2.05) is 11.3 Å². The van der Waals surface area contributed by atoms with E-state index in [2.05, 4.69) is 38.0 Å². The minimum Gasteiger partial charge on any atom is -0.351 e. The number of nitrogens with one attached hydrogen (secondary N) is 1. The van der Waals surface area contributed by atoms with Crippen LogP contribution in [0.3, 0.4) is 0 Å². The molecular weight excluding hydrogens is 266 g/mol. The maximum atomic E-state index is 4.75. The second-order valence-electron chi connectivity index (χ2n) is 6.56. The summed E-state index contributed by atoms with van der Waals surface area (Å²) in [4.78, 5) is 8.50. The van der Waals surface area contributed by atoms with E-state index in [9.17, 15) is 0 Å². The summed E-state index contributed by atoms with van der Waals surface area (Å²) in [5, 5.41) is 4.71. The van der Waals surface area contributed by atoms with E-state index in [-0.39, 0.29) is 0 Å². The van der Waals surface area contributed by atoms with Crippen LogP contribution in [0.4, 0.5) is 5.13 Å². The highest BCUT2D eigenvalue weighted by atomic mass is 32.1. The minimum atomic E-state index is 0.702. The number of hydrogen-bond acceptors (Lipinski definition) is 4. The number of thiazole rings is 1. The first kappa shape index (κ1) is 15.8. The van der Waals surface area contributed by atoms with Gasteiger partial charge in [-0.2, -0.15) is 0 Å². The van der Waals surface area contributed by atoms with Crippen molar-refractivity contribution >= 4 is 16.5 Å². The Morgan fingerprint density at radius 1 is 1.35 bits per heavy atom. The van der Waals surface area contributed by atoms with Gasteiger partial charge in [-0.05, 0) is 38.1 Å². The Morgan fingerprint density at radius 2 is 2.05 bits per heavy atom. The molecule has 1 aromatic heterocycles. The normalized spacial score (nSPS) is 16.2. The molecule has 0 aromatic carbocycles. The number of anilines is 1. The zero-order chi connectivity index (χ0) is 14.5. The first-order valence-corrected chi connectivity index (χ1v) is 8.76. The van der Waals surface area contributed by atoms with Crippen LogP contribution >= 0.6 is 11.3 Å². The molecule has 3 nitrogen and oxygen atoms in total. The Bertz CT molecular complexity index is 408. The number of aromatic nitrogens is 1. The fourth-order valence-corrected chi connectivity index (χ4v) is 3.87. The molecule has 4 heteroatoms. The highest BCUT2D eigenvalue weighted by Crippen LogP contribution is 2.29. The van der Waals surface area contributed by atoms with Gasteiger partial charge in [0.2, 0.25) is 0 Å². The summed E-state index contributed by atoms with van der Waals surface area (Å²) in [5.74, 6) is 1.58. The second-order valence-corrected chi connectivity index (χ2v) is 7.62. The molecule has 0 spiro atoms. The van der Waals surface area contributed by atoms with Crippen molar-refractivity contribution in [2.75, 3.05) is 25.0 Å². The quantitative estimate of drug-likeness (QED) is 0.829. The van der Waals surface area contributed by atoms with Gasteiger partial charge >= 0.3 is 0 Å². The number of aryl methyl sites for hydroxylation is 1. The van der Waals surface area contributed by atoms with E-state index in [1.54, 1.807) is 0 Å². The standard InChI is InChI=1S/C16H29N3S/c1-12(2)9-17-10-15-13(3)18-16(20-15)19(4)11-14-7-5-6-8-14/h12,14,17H,5-11H2,1-4H3. The SMILES string of the molecule is Cc1nc(N(C)CC2CCCC2)sc1CNCC(C)C. The lowest BCUT2D eigenvalue weighted by molar-refractivity contribution is 0.546. The lowest BCUT2D eigenvalue weighted by atomic mass is 10.1. The monoisotopic (exact) mass is 295 g/mol. The van der Waals surface area contributed by atoms with Gasteiger partial charge in [-0.25, -0.2) is 4.98 Å². The Hall–Kier alpha value is -0.610. The zero-order valence-corrected chi connectivity index (χ0v) is 14.2. The van der Waals surface area contributed by atoms with Gasteiger partial charge < -0.3 is 10.2 Å². The van der Waals surface area contributed by atoms with Crippen LogP contribution in [-0.2, 0) is 6.54 Å². The Labute approximate surface area is 127 Å². The summed E-state index contributed by atoms with van der Waals surface area (Å²) in [6.07, 6.45) is 5.63. The summed E-state index contributed by atoms with van der Waals surface area (Å²) in [7, 11) is 2.20. The van der Waals surface area contributed by atoms with E-state index in [0.717, 1.165) is 19.0 Å². The largest absolute Gasteiger partial charge is 0.351 e. The van der Waals surface area contributed by atoms with Gasteiger partial charge in [-0.3, -0.25) is 0 Å². The first-order valence-electron chi connectivity index (χ1n) is 7.94. The molecule has 114 valence electrons. The molecule has 1 fully saturated rings. The third kappa shape index (κ3) is 4.45. The first-order chi connectivity index (χ1) is 9.56. The molecule has 1 saturated carbocycles. The average molecular weight is 295 g/mol. The van der Waals surface area contributed by atoms with Crippen LogP contribution in [0.25, 0.3) is 0 Å². The van der Waals surface area contributed by atoms with Gasteiger partial charge in [0, 0.05) is 25.0 Å². The smallest absolute Gasteiger partial charge is 0.185 e. The van der Waals surface area contributed by atoms with Crippen molar-refractivity contribution in [3.05, 3.63) is 10.6 Å². The van der Waals surface area contributed by atoms with Crippen LogP contribution < -0.4 is 10.2 Å². The minimum absolute atomic E-state index is 0.702. The molecule has 1 N–H and O–H groups in total. The van der Waals surface area contributed by atoms with Gasteiger partial charge in [0.25, 0.3) is 0 Å². The van der Waals surface area contributed by atoms with Crippen LogP contribution in [0.15, 0.2) is 0 Å². The van der Waals surface area contributed by atoms with Crippen molar-refractivity contribution < 1.29 is 0 Å². The Kier molecular flexibility index (Phi) is 5.85. The van der Waals surface area contributed by atoms with Crippen LogP contribution in [0.5, 0.6) is 0 Å². The molecule has 1 aromatic rings. The van der Waals surface area contributed by atoms with Crippen LogP contribution in [0.2, 0.25) is 0 Å². The molecule has 0 unspecified atom stereocenters. The summed E-state index contributed by atoms with van der Waals surface area (Å²) < 4.78 is 0. The molecular formula is C16H29N3S. The van der Waals surface area contributed by atoms with Gasteiger partial charge in [0.05, 0.1) is 5.69 Å². The highest BCUT2D eigenvalue weighted by Gasteiger charge is 2.19. The van der Waals surface area contributed by atoms with Crippen molar-refractivity contribution in [2.24, 2.45) is 11.8 Å². The van der Waals surface area contributed by atoms with Crippen molar-refractivity contribution in [1.82, 2.24) is 10.3 Å². The van der Waals surface area contributed by atoms with Crippen molar-refractivity contribution in [2.45, 2.75) is 53.0 Å². The van der Waals surface area contributed by atoms with Gasteiger partial charge in [0.1, 0.15) is 0 Å². The number of hydrogen-bond donors (Lipinski definition) is 1. The third-order valence-corrected chi connectivity index (χ3v) is 5.32. The molecule has 0 aliphatic heterocycles. The summed E-state index contributed by atoms with van der Waals surface area (Å²) in [6.45, 7) is 9.83. The summed E-state index contributed by atoms with van der Waals surface area (Å²) in [5.41, 5.74) is 1.19. The third-order valence-electron chi connectivity index (χ3n) is 4.05. The molecule has 0 bridgehead atoms. The van der Waals surface area contributed by atoms with E-state index >= 15 is 0 Å². The Morgan fingerprint density at radius 3 is 2.70 bits per heavy atom. The van der Waals surface area contributed by atoms with Crippen LogP contribution in [0.1, 0.15) is 50.1 Å². The molecule has 1 heterocycles. The predicted octanol–water partition coefficient (Wildman–Crippen LogP) is 3.82. The molecule has 0 amide bonds. The summed E-state index contributed by atoms with van der Waals surface area (Å²) >= 11 is 1.85. The molecule has 0 radical (unpaired) electrons. The van der Waals surface area contributed by atoms with Crippen molar-refractivity contribution in [3.8, 4) is 0 Å². The second kappa shape index (κ2) is 7.41. The van der Waals surface area contributed by atoms with Crippen molar-refractivity contribution in [1.29, 1.82) is 0 Å². The maximum Gasteiger partial charge on any atom is 0.185 e. The molecule has 0 saturated heterocycles. The Balaban J connectivity index is 1.88. The van der Waals surface area contributed by atoms with Crippen LogP contribution in [-0.4, -0.2) is 25.1 Å². The molecule has 1 aliphatic rings. The van der Waals surface area contributed by atoms with Gasteiger partial charge in [0.15, 0.2) is 5.13 Å². The zero-order valence-electron chi connectivity index (χ0n) is 13.4. The molecule has 20 heavy (non-hydrogen) atoms. The maximum absolute atomic E-state index is 4.75. The number of nitrogens with zero attached hydrogens (tertiary/aromatic N) is 2. The van der Waals surface area contributed by atoms with Crippen LogP contribution in [0, 0.1) is 18.8 Å². The fraction of sp³-hybridized carbons (Fsp3) is 0.812. The predicted molar refractivity (Wildman–Crippen MR) is 88.6 cm³/mol. The van der Waals surface area contributed by atoms with Crippen molar-refractivity contribution in [3.63, 3.8) is 0 Å². The van der Waals surface area contributed by atoms with Gasteiger partial charge in [-0.15, -0.1) is 11.3 Å². The van der Waals surface area contributed by atoms with E-state index < -0.39 is 0 Å². The molecule has 1 aliphatic carbocycles. The molecule has 2 rings (SSSR count). The number of rotatable bonds is 7. The lowest BCUT2D eigenvalue weighted by Gasteiger charge is -2.19. The average Bonchev–Trinajstić information content (AvgIpc) is 2.99. The van der Waals surface area contributed by atoms with E-state index in [4.69, 9.17) is 4.98 Å². The lowest BCUT2D eigenvalue weighted by Crippen LogP contribution is -2.23. The fourth-order valence-electron chi connectivity index (χ4n) is 2.87. The van der Waals surface area contributed by atoms with E-state index in [1.165, 1.54) is 47.9 Å². The highest BCUT2D eigenvalue weighted by molar-refractivity contribution is 7.15. The summed E-state index contributed by atoms with van der Waals surface area (Å²) in [6, 6.07) is 0. The topological polar surface area (TPSA) is 28.2 Å². The molecule has 0 atom stereocenters.